The molecule has 3 aromatic rings. The molecule has 2 N–H and O–H groups in total. The van der Waals surface area contributed by atoms with Crippen LogP contribution in [0.4, 0.5) is 4.39 Å². The van der Waals surface area contributed by atoms with Crippen LogP contribution < -0.4 is 10.1 Å². The topological polar surface area (TPSA) is 124 Å². The lowest BCUT2D eigenvalue weighted by atomic mass is 10.0. The number of benzene rings is 1. The molecule has 150 valence electrons. The first kappa shape index (κ1) is 17.9. The highest BCUT2D eigenvalue weighted by Crippen LogP contribution is 2.32. The van der Waals surface area contributed by atoms with E-state index in [1.165, 1.54) is 17.1 Å². The summed E-state index contributed by atoms with van der Waals surface area (Å²) in [5, 5.41) is 33.5. The maximum atomic E-state index is 14.5. The van der Waals surface area contributed by atoms with Crippen LogP contribution in [0, 0.1) is 6.92 Å². The average molecular weight is 398 g/mol. The van der Waals surface area contributed by atoms with Crippen LogP contribution in [-0.2, 0) is 0 Å². The Hall–Kier alpha value is -3.21. The van der Waals surface area contributed by atoms with Gasteiger partial charge in [0.25, 0.3) is 0 Å². The molecule has 4 heterocycles. The quantitative estimate of drug-likeness (QED) is 0.666. The summed E-state index contributed by atoms with van der Waals surface area (Å²) >= 11 is 0. The normalized spacial score (nSPS) is 25.9. The maximum absolute atomic E-state index is 14.5. The van der Waals surface area contributed by atoms with Crippen LogP contribution in [0.1, 0.15) is 25.1 Å². The van der Waals surface area contributed by atoms with Crippen LogP contribution in [-0.4, -0.2) is 64.9 Å². The van der Waals surface area contributed by atoms with Gasteiger partial charge in [0.2, 0.25) is 0 Å². The van der Waals surface area contributed by atoms with Crippen molar-refractivity contribution in [3.63, 3.8) is 0 Å². The molecule has 2 aliphatic heterocycles. The van der Waals surface area contributed by atoms with E-state index < -0.39 is 12.3 Å². The van der Waals surface area contributed by atoms with E-state index in [1.54, 1.807) is 19.1 Å². The van der Waals surface area contributed by atoms with Crippen LogP contribution in [0.5, 0.6) is 11.8 Å². The van der Waals surface area contributed by atoms with Gasteiger partial charge in [-0.1, -0.05) is 5.10 Å². The van der Waals surface area contributed by atoms with Crippen molar-refractivity contribution < 1.29 is 14.2 Å². The second kappa shape index (κ2) is 6.99. The zero-order valence-corrected chi connectivity index (χ0v) is 15.6. The van der Waals surface area contributed by atoms with E-state index in [0.29, 0.717) is 29.2 Å². The summed E-state index contributed by atoms with van der Waals surface area (Å²) in [7, 11) is 0. The fourth-order valence-electron chi connectivity index (χ4n) is 3.90. The SMILES string of the molecule is Cc1nnn(-c2ccc(-c3cnc(O[C@@H]4CC5CC[C@H](N5)[C@H]4F)nn3)c(O)c2)n1. The molecular formula is C18H19FN8O2. The standard InChI is InChI=1S/C18H19FN8O2/c1-9-22-26-27(25-9)11-3-4-12(15(28)7-11)14-8-20-18(24-23-14)29-16-6-10-2-5-13(21-10)17(16)19/h3-4,7-8,10,13,16-17,21,28H,2,5-6H2,1H3/t10?,13-,16+,17+/m0/s1. The summed E-state index contributed by atoms with van der Waals surface area (Å²) in [4.78, 5) is 5.46. The van der Waals surface area contributed by atoms with Crippen molar-refractivity contribution in [1.82, 2.24) is 40.7 Å². The van der Waals surface area contributed by atoms with Crippen LogP contribution in [0.25, 0.3) is 16.9 Å². The number of alkyl halides is 1. The number of phenols is 1. The Bertz CT molecular complexity index is 1030. The molecule has 1 unspecified atom stereocenters. The summed E-state index contributed by atoms with van der Waals surface area (Å²) < 4.78 is 20.1. The number of fused-ring (bicyclic) bond motifs is 2. The molecule has 2 fully saturated rings. The Balaban J connectivity index is 1.32. The number of nitrogens with zero attached hydrogens (tertiary/aromatic N) is 7. The van der Waals surface area contributed by atoms with E-state index in [4.69, 9.17) is 4.74 Å². The van der Waals surface area contributed by atoms with Gasteiger partial charge in [-0.3, -0.25) is 0 Å². The molecule has 1 aromatic carbocycles. The summed E-state index contributed by atoms with van der Waals surface area (Å²) in [5.41, 5.74) is 1.37. The highest BCUT2D eigenvalue weighted by atomic mass is 19.1. The molecule has 0 radical (unpaired) electrons. The van der Waals surface area contributed by atoms with Crippen molar-refractivity contribution in [3.8, 4) is 28.7 Å². The highest BCUT2D eigenvalue weighted by molar-refractivity contribution is 5.67. The zero-order valence-electron chi connectivity index (χ0n) is 15.6. The molecule has 4 atom stereocenters. The molecule has 29 heavy (non-hydrogen) atoms. The van der Waals surface area contributed by atoms with Gasteiger partial charge in [-0.2, -0.15) is 0 Å². The second-order valence-electron chi connectivity index (χ2n) is 7.34. The summed E-state index contributed by atoms with van der Waals surface area (Å²) in [6.45, 7) is 1.72. The molecule has 10 nitrogen and oxygen atoms in total. The number of halogens is 1. The molecule has 0 saturated carbocycles. The van der Waals surface area contributed by atoms with E-state index in [0.717, 1.165) is 12.8 Å². The van der Waals surface area contributed by atoms with Crippen molar-refractivity contribution in [2.45, 2.75) is 50.5 Å². The van der Waals surface area contributed by atoms with Gasteiger partial charge in [0.05, 0.1) is 11.9 Å². The van der Waals surface area contributed by atoms with Gasteiger partial charge in [-0.15, -0.1) is 20.1 Å². The molecule has 2 aromatic heterocycles. The molecule has 0 aliphatic carbocycles. The van der Waals surface area contributed by atoms with Gasteiger partial charge in [-0.05, 0) is 37.1 Å². The smallest absolute Gasteiger partial charge is 0.336 e. The van der Waals surface area contributed by atoms with Gasteiger partial charge in [0, 0.05) is 30.1 Å². The number of rotatable bonds is 4. The minimum Gasteiger partial charge on any atom is -0.507 e. The van der Waals surface area contributed by atoms with Crippen LogP contribution >= 0.6 is 0 Å². The van der Waals surface area contributed by atoms with Gasteiger partial charge < -0.3 is 15.2 Å². The van der Waals surface area contributed by atoms with E-state index in [9.17, 15) is 9.50 Å². The lowest BCUT2D eigenvalue weighted by Gasteiger charge is -2.31. The summed E-state index contributed by atoms with van der Waals surface area (Å²) in [6.07, 6.45) is 2.14. The number of hydrogen-bond donors (Lipinski definition) is 2. The Morgan fingerprint density at radius 1 is 1.24 bits per heavy atom. The number of nitrogens with one attached hydrogen (secondary N) is 1. The van der Waals surface area contributed by atoms with Crippen LogP contribution in [0.3, 0.4) is 0 Å². The predicted octanol–water partition coefficient (Wildman–Crippen LogP) is 1.14. The Labute approximate surface area is 165 Å². The predicted molar refractivity (Wildman–Crippen MR) is 98.3 cm³/mol. The first-order chi connectivity index (χ1) is 14.1. The van der Waals surface area contributed by atoms with Gasteiger partial charge in [-0.25, -0.2) is 9.37 Å². The van der Waals surface area contributed by atoms with Crippen molar-refractivity contribution in [2.24, 2.45) is 0 Å². The van der Waals surface area contributed by atoms with E-state index in [-0.39, 0.29) is 23.8 Å². The molecule has 11 heteroatoms. The lowest BCUT2D eigenvalue weighted by molar-refractivity contribution is 0.0386. The zero-order chi connectivity index (χ0) is 20.0. The van der Waals surface area contributed by atoms with E-state index >= 15 is 0 Å². The number of tetrazole rings is 1. The van der Waals surface area contributed by atoms with E-state index in [1.807, 2.05) is 0 Å². The number of piperidine rings is 1. The summed E-state index contributed by atoms with van der Waals surface area (Å²) in [5.74, 6) is 0.498. The van der Waals surface area contributed by atoms with Crippen LogP contribution in [0.2, 0.25) is 0 Å². The number of phenolic OH excluding ortho intramolecular Hbond substituents is 1. The van der Waals surface area contributed by atoms with E-state index in [2.05, 4.69) is 35.9 Å². The first-order valence-corrected chi connectivity index (χ1v) is 9.44. The van der Waals surface area contributed by atoms with Gasteiger partial charge in [0.15, 0.2) is 12.0 Å². The van der Waals surface area contributed by atoms with Crippen LogP contribution in [0.15, 0.2) is 24.4 Å². The number of aryl methyl sites for hydroxylation is 1. The second-order valence-corrected chi connectivity index (χ2v) is 7.34. The highest BCUT2D eigenvalue weighted by Gasteiger charge is 2.43. The number of aromatic nitrogens is 7. The Morgan fingerprint density at radius 3 is 2.86 bits per heavy atom. The summed E-state index contributed by atoms with van der Waals surface area (Å²) in [6, 6.07) is 5.04. The lowest BCUT2D eigenvalue weighted by Crippen LogP contribution is -2.51. The van der Waals surface area contributed by atoms with Crippen molar-refractivity contribution in [1.29, 1.82) is 0 Å². The minimum atomic E-state index is -1.09. The molecule has 2 aliphatic rings. The number of aromatic hydroxyl groups is 1. The minimum absolute atomic E-state index is 0.0269. The third-order valence-corrected chi connectivity index (χ3v) is 5.33. The first-order valence-electron chi connectivity index (χ1n) is 9.44. The van der Waals surface area contributed by atoms with Crippen molar-refractivity contribution in [2.75, 3.05) is 0 Å². The fourth-order valence-corrected chi connectivity index (χ4v) is 3.90. The van der Waals surface area contributed by atoms with Gasteiger partial charge in [0.1, 0.15) is 17.5 Å². The molecule has 5 rings (SSSR count). The monoisotopic (exact) mass is 398 g/mol. The molecule has 0 amide bonds. The van der Waals surface area contributed by atoms with Crippen molar-refractivity contribution >= 4 is 0 Å². The Kier molecular flexibility index (Phi) is 4.31. The largest absolute Gasteiger partial charge is 0.507 e. The molecule has 2 saturated heterocycles. The molecule has 2 bridgehead atoms. The number of hydrogen-bond acceptors (Lipinski definition) is 9. The number of ether oxygens (including phenoxy) is 1. The third-order valence-electron chi connectivity index (χ3n) is 5.33. The third kappa shape index (κ3) is 3.37. The molecule has 0 spiro atoms. The van der Waals surface area contributed by atoms with Gasteiger partial charge >= 0.3 is 6.01 Å². The maximum Gasteiger partial charge on any atom is 0.336 e. The average Bonchev–Trinajstić information content (AvgIpc) is 3.33. The van der Waals surface area contributed by atoms with Crippen molar-refractivity contribution in [3.05, 3.63) is 30.2 Å². The fraction of sp³-hybridized carbons (Fsp3) is 0.444. The molecular weight excluding hydrogens is 379 g/mol. The Morgan fingerprint density at radius 2 is 2.14 bits per heavy atom.